The third kappa shape index (κ3) is 4.79. The van der Waals surface area contributed by atoms with Crippen molar-refractivity contribution in [1.82, 2.24) is 20.2 Å². The van der Waals surface area contributed by atoms with Crippen LogP contribution in [0.2, 0.25) is 0 Å². The number of nitrogen functional groups attached to an aromatic ring is 1. The predicted octanol–water partition coefficient (Wildman–Crippen LogP) is -0.321. The Kier molecular flexibility index (Phi) is 5.70. The Balaban J connectivity index is 2.50. The minimum Gasteiger partial charge on any atom is -0.308 e. The largest absolute Gasteiger partial charge is 0.308 e. The molecule has 0 spiro atoms. The zero-order chi connectivity index (χ0) is 13.5. The van der Waals surface area contributed by atoms with Crippen LogP contribution in [0.3, 0.4) is 0 Å². The minimum absolute atomic E-state index is 0.324. The standard InChI is InChI=1S/C12H21N5O/c1-16(2)6-7-17(3)9-11-5-4-10(8-14-11)12(18)15-13/h4-5,8H,6-7,9,13H2,1-3H3,(H,15,18). The number of likely N-dealkylation sites (N-methyl/N-ethyl adjacent to an activating group) is 2. The normalized spacial score (nSPS) is 11.0. The van der Waals surface area contributed by atoms with Gasteiger partial charge in [-0.15, -0.1) is 0 Å². The number of amides is 1. The lowest BCUT2D eigenvalue weighted by Gasteiger charge is -2.18. The van der Waals surface area contributed by atoms with Gasteiger partial charge in [0.25, 0.3) is 5.91 Å². The maximum atomic E-state index is 11.2. The number of carbonyl (C=O) groups is 1. The second-order valence-electron chi connectivity index (χ2n) is 4.55. The fourth-order valence-corrected chi connectivity index (χ4v) is 1.46. The summed E-state index contributed by atoms with van der Waals surface area (Å²) in [6.07, 6.45) is 1.54. The van der Waals surface area contributed by atoms with Crippen LogP contribution >= 0.6 is 0 Å². The van der Waals surface area contributed by atoms with E-state index in [0.717, 1.165) is 25.3 Å². The van der Waals surface area contributed by atoms with E-state index in [1.165, 1.54) is 6.20 Å². The van der Waals surface area contributed by atoms with Gasteiger partial charge in [-0.3, -0.25) is 20.1 Å². The molecular formula is C12H21N5O. The summed E-state index contributed by atoms with van der Waals surface area (Å²) in [4.78, 5) is 19.8. The van der Waals surface area contributed by atoms with Crippen LogP contribution in [0.15, 0.2) is 18.3 Å². The molecule has 0 aromatic carbocycles. The lowest BCUT2D eigenvalue weighted by Crippen LogP contribution is -2.30. The van der Waals surface area contributed by atoms with Crippen molar-refractivity contribution < 1.29 is 4.79 Å². The molecule has 0 aliphatic carbocycles. The third-order valence-electron chi connectivity index (χ3n) is 2.58. The Bertz CT molecular complexity index is 377. The Morgan fingerprint density at radius 3 is 2.56 bits per heavy atom. The molecule has 1 amide bonds. The average molecular weight is 251 g/mol. The van der Waals surface area contributed by atoms with Gasteiger partial charge < -0.3 is 4.90 Å². The number of hydrazine groups is 1. The summed E-state index contributed by atoms with van der Waals surface area (Å²) in [5, 5.41) is 0. The van der Waals surface area contributed by atoms with Gasteiger partial charge in [-0.25, -0.2) is 5.84 Å². The Hall–Kier alpha value is -1.50. The van der Waals surface area contributed by atoms with Gasteiger partial charge in [0, 0.05) is 25.8 Å². The number of aromatic nitrogens is 1. The quantitative estimate of drug-likeness (QED) is 0.412. The number of hydrogen-bond donors (Lipinski definition) is 2. The highest BCUT2D eigenvalue weighted by molar-refractivity contribution is 5.93. The van der Waals surface area contributed by atoms with Crippen LogP contribution in [0, 0.1) is 0 Å². The zero-order valence-corrected chi connectivity index (χ0v) is 11.2. The highest BCUT2D eigenvalue weighted by Crippen LogP contribution is 2.02. The van der Waals surface area contributed by atoms with Crippen LogP contribution < -0.4 is 11.3 Å². The molecule has 6 heteroatoms. The van der Waals surface area contributed by atoms with Crippen LogP contribution in [0.25, 0.3) is 0 Å². The van der Waals surface area contributed by atoms with Crippen LogP contribution in [0.1, 0.15) is 16.1 Å². The van der Waals surface area contributed by atoms with E-state index in [0.29, 0.717) is 5.56 Å². The number of hydrogen-bond acceptors (Lipinski definition) is 5. The molecule has 18 heavy (non-hydrogen) atoms. The van der Waals surface area contributed by atoms with Gasteiger partial charge in [0.2, 0.25) is 0 Å². The molecule has 1 heterocycles. The molecule has 1 rings (SSSR count). The van der Waals surface area contributed by atoms with Crippen molar-refractivity contribution >= 4 is 5.91 Å². The van der Waals surface area contributed by atoms with Gasteiger partial charge in [-0.1, -0.05) is 0 Å². The number of nitrogens with two attached hydrogens (primary N) is 1. The van der Waals surface area contributed by atoms with E-state index in [2.05, 4.69) is 20.2 Å². The molecule has 3 N–H and O–H groups in total. The van der Waals surface area contributed by atoms with Crippen LogP contribution in [-0.2, 0) is 6.54 Å². The first-order valence-electron chi connectivity index (χ1n) is 5.82. The lowest BCUT2D eigenvalue weighted by molar-refractivity contribution is 0.0953. The first-order valence-corrected chi connectivity index (χ1v) is 5.82. The molecular weight excluding hydrogens is 230 g/mol. The Labute approximate surface area is 108 Å². The molecule has 100 valence electrons. The van der Waals surface area contributed by atoms with Crippen LogP contribution in [-0.4, -0.2) is 54.9 Å². The van der Waals surface area contributed by atoms with Gasteiger partial charge in [-0.2, -0.15) is 0 Å². The molecule has 1 aromatic heterocycles. The molecule has 0 saturated carbocycles. The highest BCUT2D eigenvalue weighted by atomic mass is 16.2. The molecule has 0 radical (unpaired) electrons. The smallest absolute Gasteiger partial charge is 0.266 e. The van der Waals surface area contributed by atoms with Crippen molar-refractivity contribution in [2.45, 2.75) is 6.54 Å². The van der Waals surface area contributed by atoms with E-state index in [1.807, 2.05) is 27.2 Å². The second kappa shape index (κ2) is 7.05. The third-order valence-corrected chi connectivity index (χ3v) is 2.58. The van der Waals surface area contributed by atoms with Gasteiger partial charge in [0.1, 0.15) is 0 Å². The number of rotatable bonds is 6. The van der Waals surface area contributed by atoms with Crippen molar-refractivity contribution in [2.24, 2.45) is 5.84 Å². The fourth-order valence-electron chi connectivity index (χ4n) is 1.46. The summed E-state index contributed by atoms with van der Waals surface area (Å²) in [6.45, 7) is 2.74. The highest BCUT2D eigenvalue weighted by Gasteiger charge is 2.05. The summed E-state index contributed by atoms with van der Waals surface area (Å²) in [7, 11) is 6.14. The number of nitrogens with zero attached hydrogens (tertiary/aromatic N) is 3. The summed E-state index contributed by atoms with van der Waals surface area (Å²) in [6, 6.07) is 3.57. The lowest BCUT2D eigenvalue weighted by atomic mass is 10.2. The van der Waals surface area contributed by atoms with E-state index in [1.54, 1.807) is 6.07 Å². The van der Waals surface area contributed by atoms with E-state index in [-0.39, 0.29) is 5.91 Å². The maximum absolute atomic E-state index is 11.2. The molecule has 0 atom stereocenters. The summed E-state index contributed by atoms with van der Waals surface area (Å²) in [5.41, 5.74) is 3.48. The molecule has 0 fully saturated rings. The van der Waals surface area contributed by atoms with Crippen molar-refractivity contribution in [3.8, 4) is 0 Å². The number of nitrogens with one attached hydrogen (secondary N) is 1. The van der Waals surface area contributed by atoms with E-state index in [9.17, 15) is 4.79 Å². The Morgan fingerprint density at radius 2 is 2.06 bits per heavy atom. The van der Waals surface area contributed by atoms with Gasteiger partial charge >= 0.3 is 0 Å². The van der Waals surface area contributed by atoms with E-state index < -0.39 is 0 Å². The van der Waals surface area contributed by atoms with Gasteiger partial charge in [0.15, 0.2) is 0 Å². The molecule has 0 unspecified atom stereocenters. The monoisotopic (exact) mass is 251 g/mol. The first-order chi connectivity index (χ1) is 8.52. The first kappa shape index (κ1) is 14.6. The van der Waals surface area contributed by atoms with Crippen LogP contribution in [0.4, 0.5) is 0 Å². The summed E-state index contributed by atoms with van der Waals surface area (Å²) >= 11 is 0. The van der Waals surface area contributed by atoms with Crippen molar-refractivity contribution in [2.75, 3.05) is 34.2 Å². The summed E-state index contributed by atoms with van der Waals surface area (Å²) in [5.74, 6) is 4.73. The van der Waals surface area contributed by atoms with Crippen LogP contribution in [0.5, 0.6) is 0 Å². The maximum Gasteiger partial charge on any atom is 0.266 e. The molecule has 0 saturated heterocycles. The van der Waals surface area contributed by atoms with Crippen molar-refractivity contribution in [3.05, 3.63) is 29.6 Å². The minimum atomic E-state index is -0.324. The van der Waals surface area contributed by atoms with Crippen molar-refractivity contribution in [3.63, 3.8) is 0 Å². The van der Waals surface area contributed by atoms with Gasteiger partial charge in [0.05, 0.1) is 11.3 Å². The topological polar surface area (TPSA) is 74.5 Å². The predicted molar refractivity (Wildman–Crippen MR) is 70.8 cm³/mol. The molecule has 0 aliphatic rings. The van der Waals surface area contributed by atoms with E-state index >= 15 is 0 Å². The van der Waals surface area contributed by atoms with Gasteiger partial charge in [-0.05, 0) is 33.3 Å². The Morgan fingerprint density at radius 1 is 1.33 bits per heavy atom. The van der Waals surface area contributed by atoms with E-state index in [4.69, 9.17) is 5.84 Å². The molecule has 6 nitrogen and oxygen atoms in total. The number of pyridine rings is 1. The average Bonchev–Trinajstić information content (AvgIpc) is 2.36. The fraction of sp³-hybridized carbons (Fsp3) is 0.500. The number of carbonyl (C=O) groups excluding carboxylic acids is 1. The second-order valence-corrected chi connectivity index (χ2v) is 4.55. The molecule has 0 bridgehead atoms. The van der Waals surface area contributed by atoms with Crippen molar-refractivity contribution in [1.29, 1.82) is 0 Å². The summed E-state index contributed by atoms with van der Waals surface area (Å²) < 4.78 is 0. The molecule has 1 aromatic rings. The zero-order valence-electron chi connectivity index (χ0n) is 11.2. The molecule has 0 aliphatic heterocycles. The SMILES string of the molecule is CN(C)CCN(C)Cc1ccc(C(=O)NN)cn1.